The average molecular weight is 1280 g/mol. The Morgan fingerprint density at radius 1 is 0.707 bits per heavy atom. The van der Waals surface area contributed by atoms with E-state index in [-0.39, 0.29) is 79.3 Å². The number of esters is 2. The molecule has 8 heterocycles. The molecule has 6 aliphatic heterocycles. The first-order valence-electron chi connectivity index (χ1n) is 26.0. The van der Waals surface area contributed by atoms with E-state index in [0.717, 1.165) is 19.4 Å². The molecular weight excluding hydrogens is 1220 g/mol. The summed E-state index contributed by atoms with van der Waals surface area (Å²) in [6.45, 7) is 8.07. The van der Waals surface area contributed by atoms with Crippen LogP contribution in [0.5, 0.6) is 0 Å². The van der Waals surface area contributed by atoms with Crippen LogP contribution in [0.25, 0.3) is 0 Å². The number of carbonyl (C=O) groups is 6. The zero-order valence-corrected chi connectivity index (χ0v) is 49.7. The molecule has 0 saturated carbocycles. The van der Waals surface area contributed by atoms with E-state index < -0.39 is 47.6 Å². The summed E-state index contributed by atoms with van der Waals surface area (Å²) in [5.74, 6) is -3.18. The van der Waals surface area contributed by atoms with Gasteiger partial charge in [0.2, 0.25) is 0 Å². The summed E-state index contributed by atoms with van der Waals surface area (Å²) in [6, 6.07) is 7.19. The van der Waals surface area contributed by atoms with Gasteiger partial charge in [0, 0.05) is 110 Å². The van der Waals surface area contributed by atoms with Crippen molar-refractivity contribution in [1.82, 2.24) is 45.1 Å². The normalized spacial score (nSPS) is 20.4. The maximum absolute atomic E-state index is 14.5. The first kappa shape index (κ1) is 63.0. The summed E-state index contributed by atoms with van der Waals surface area (Å²) in [7, 11) is 0. The van der Waals surface area contributed by atoms with Gasteiger partial charge in [0.05, 0.1) is 59.3 Å². The number of carboxylic acid groups (broad SMARTS) is 2. The highest BCUT2D eigenvalue weighted by atomic mass is 79.9. The Morgan fingerprint density at radius 3 is 1.66 bits per heavy atom. The van der Waals surface area contributed by atoms with Crippen LogP contribution in [0.1, 0.15) is 79.2 Å². The second kappa shape index (κ2) is 29.1. The van der Waals surface area contributed by atoms with Gasteiger partial charge in [-0.25, -0.2) is 37.9 Å². The van der Waals surface area contributed by atoms with Crippen molar-refractivity contribution in [2.75, 3.05) is 77.4 Å². The van der Waals surface area contributed by atoms with Gasteiger partial charge in [-0.1, -0.05) is 63.4 Å². The van der Waals surface area contributed by atoms with E-state index in [4.69, 9.17) is 47.9 Å². The minimum Gasteiger partial charge on any atom is -0.481 e. The number of hydrogen-bond donors (Lipinski definition) is 4. The third-order valence-corrected chi connectivity index (χ3v) is 16.8. The van der Waals surface area contributed by atoms with E-state index in [2.05, 4.69) is 46.4 Å². The van der Waals surface area contributed by atoms with Gasteiger partial charge in [0.15, 0.2) is 21.7 Å². The number of halogens is 5. The molecule has 2 aromatic heterocycles. The molecule has 0 spiro atoms. The number of carboxylic acids is 2. The van der Waals surface area contributed by atoms with Crippen molar-refractivity contribution in [2.24, 2.45) is 9.98 Å². The maximum Gasteiger partial charge on any atom is 0.338 e. The fourth-order valence-corrected chi connectivity index (χ4v) is 12.2. The molecule has 21 nitrogen and oxygen atoms in total. The molecule has 28 heteroatoms. The van der Waals surface area contributed by atoms with Gasteiger partial charge in [-0.3, -0.25) is 24.5 Å². The number of amidine groups is 2. The molecule has 440 valence electrons. The number of amides is 4. The number of benzene rings is 2. The highest BCUT2D eigenvalue weighted by Gasteiger charge is 2.43. The van der Waals surface area contributed by atoms with Crippen molar-refractivity contribution in [3.8, 4) is 0 Å². The minimum atomic E-state index is -0.952. The van der Waals surface area contributed by atoms with Gasteiger partial charge in [-0.2, -0.15) is 0 Å². The Morgan fingerprint density at radius 2 is 1.20 bits per heavy atom. The zero-order chi connectivity index (χ0) is 57.9. The maximum atomic E-state index is 14.5. The van der Waals surface area contributed by atoms with Crippen LogP contribution in [0.2, 0.25) is 10.0 Å². The lowest BCUT2D eigenvalue weighted by atomic mass is 9.95. The van der Waals surface area contributed by atoms with Gasteiger partial charge in [-0.15, -0.1) is 22.7 Å². The highest BCUT2D eigenvalue weighted by Crippen LogP contribution is 2.40. The molecule has 6 aliphatic rings. The van der Waals surface area contributed by atoms with E-state index in [0.29, 0.717) is 101 Å². The summed E-state index contributed by atoms with van der Waals surface area (Å²) in [4.78, 5) is 98.9. The Hall–Kier alpha value is -6.58. The van der Waals surface area contributed by atoms with Gasteiger partial charge in [0.25, 0.3) is 0 Å². The molecule has 10 rings (SSSR count). The molecule has 4 atom stereocenters. The number of alkyl halides is 1. The zero-order valence-electron chi connectivity index (χ0n) is 45.0. The summed E-state index contributed by atoms with van der Waals surface area (Å²) >= 11 is 18.7. The van der Waals surface area contributed by atoms with Crippen molar-refractivity contribution in [3.63, 3.8) is 0 Å². The number of carbonyl (C=O) groups excluding carboxylic acids is 4. The number of nitrogens with zero attached hydrogens (tertiary/aromatic N) is 9. The number of fused-ring (bicyclic) bond motifs is 2. The number of allylic oxidation sites excluding steroid dienone is 1. The molecule has 82 heavy (non-hydrogen) atoms. The third kappa shape index (κ3) is 14.8. The molecule has 2 aromatic carbocycles. The number of hydrogen-bond acceptors (Lipinski definition) is 17. The van der Waals surface area contributed by atoms with Crippen molar-refractivity contribution in [1.29, 1.82) is 0 Å². The summed E-state index contributed by atoms with van der Waals surface area (Å²) in [5, 5.41) is 29.0. The Kier molecular flexibility index (Phi) is 22.4. The number of piperazine rings is 1. The number of piperidine rings is 1. The minimum absolute atomic E-state index is 0. The van der Waals surface area contributed by atoms with Gasteiger partial charge in [-0.05, 0) is 45.2 Å². The molecule has 4 amide bonds. The van der Waals surface area contributed by atoms with E-state index in [1.807, 2.05) is 10.3 Å². The van der Waals surface area contributed by atoms with E-state index in [1.54, 1.807) is 58.5 Å². The largest absolute Gasteiger partial charge is 0.481 e. The number of aliphatic imine (C=N–C) groups is 2. The monoisotopic (exact) mass is 1270 g/mol. The number of rotatable bonds is 17. The van der Waals surface area contributed by atoms with Crippen LogP contribution in [0.3, 0.4) is 0 Å². The molecular formula is C54H61BrCl2F2N11O10S2-. The molecule has 0 radical (unpaired) electrons. The molecule has 4 N–H and O–H groups in total. The third-order valence-electron chi connectivity index (χ3n) is 13.9. The molecule has 0 aliphatic carbocycles. The van der Waals surface area contributed by atoms with E-state index in [9.17, 15) is 37.5 Å². The van der Waals surface area contributed by atoms with Crippen LogP contribution in [0, 0.1) is 19.1 Å². The number of thiazole rings is 2. The van der Waals surface area contributed by atoms with Crippen LogP contribution in [0.15, 0.2) is 92.1 Å². The molecule has 4 fully saturated rings. The summed E-state index contributed by atoms with van der Waals surface area (Å²) < 4.78 is 39.1. The van der Waals surface area contributed by atoms with E-state index in [1.165, 1.54) is 53.4 Å². The average Bonchev–Trinajstić information content (AvgIpc) is 4.34. The molecule has 0 bridgehead atoms. The molecule has 0 unspecified atom stereocenters. The Bertz CT molecular complexity index is 3120. The van der Waals surface area contributed by atoms with Crippen LogP contribution in [-0.4, -0.2) is 182 Å². The second-order valence-corrected chi connectivity index (χ2v) is 22.1. The van der Waals surface area contributed by atoms with Crippen LogP contribution in [-0.2, 0) is 28.7 Å². The lowest BCUT2D eigenvalue weighted by Gasteiger charge is -2.38. The van der Waals surface area contributed by atoms with Crippen molar-refractivity contribution in [3.05, 3.63) is 132 Å². The molecule has 4 saturated heterocycles. The lowest BCUT2D eigenvalue weighted by molar-refractivity contribution is -0.139. The highest BCUT2D eigenvalue weighted by molar-refractivity contribution is 9.09. The van der Waals surface area contributed by atoms with Crippen LogP contribution >= 0.6 is 61.8 Å². The van der Waals surface area contributed by atoms with Gasteiger partial charge in [0.1, 0.15) is 23.7 Å². The lowest BCUT2D eigenvalue weighted by Crippen LogP contribution is -2.53. The van der Waals surface area contributed by atoms with Crippen LogP contribution < -0.4 is 10.6 Å². The van der Waals surface area contributed by atoms with Gasteiger partial charge < -0.3 is 57.3 Å². The number of nitrogens with one attached hydrogen (secondary N) is 2. The number of urea groups is 2. The quantitative estimate of drug-likeness (QED) is 0.0442. The van der Waals surface area contributed by atoms with Crippen molar-refractivity contribution >= 4 is 109 Å². The smallest absolute Gasteiger partial charge is 0.338 e. The number of aromatic nitrogens is 2. The van der Waals surface area contributed by atoms with Crippen LogP contribution in [0.4, 0.5) is 18.4 Å². The second-order valence-electron chi connectivity index (χ2n) is 19.0. The summed E-state index contributed by atoms with van der Waals surface area (Å²) in [5.41, 5.74) is 2.35. The van der Waals surface area contributed by atoms with E-state index >= 15 is 0 Å². The first-order valence-corrected chi connectivity index (χ1v) is 29.7. The Balaban J connectivity index is 0.000000197. The van der Waals surface area contributed by atoms with Crippen molar-refractivity contribution in [2.45, 2.75) is 70.1 Å². The summed E-state index contributed by atoms with van der Waals surface area (Å²) in [6.07, 6.45) is 6.56. The first-order chi connectivity index (χ1) is 39.0. The fraction of sp³-hybridized carbons (Fsp3) is 0.426. The topological polar surface area (TPSA) is 252 Å². The Labute approximate surface area is 498 Å². The molecule has 4 aromatic rings. The number of aliphatic carboxylic acids is 2. The standard InChI is InChI=1S/C26H28ClFN6O5S.C17H14BrClFN3O2S.C10H16N2O3.CH3/c1-2-39-25(37)20-18(14-32-9-10-34-15(12-32)13-33(26(34)38)8-6-19(35)36)30-23(24-29-7-11-40-24)31-22(20)16-4-3-5-17(28)21(16)27;1-2-25-17(24)12-11(8-18)22-15(16-21-6-7-26-16)23-14(12)9-4-3-5-10(20)13(9)19;13-9(14)4-6-11-7-8-3-1-2-5-12(8)10(11)15;/h3-5,7,11,15,22H,2,6,8-10,12-14H2,1H3,(H,30,31)(H,35,36);3-7,14H,2,8H2,1H3,(H,22,23);8H,1-7H2,(H,13,14);1H3/q;;;-1/t15-,22-;14-;8-;/m000./s1. The van der Waals surface area contributed by atoms with Crippen molar-refractivity contribution < 1.29 is 57.2 Å². The predicted octanol–water partition coefficient (Wildman–Crippen LogP) is 8.18. The van der Waals surface area contributed by atoms with Gasteiger partial charge >= 0.3 is 35.9 Å². The SMILES string of the molecule is CCOC(=O)C1=C(CBr)NC(c2nccs2)=N[C@H]1c1cccc(F)c1Cl.CCOC(=O)C1=C(CN2CCN3C(=O)N(CCC(=O)O)C[C@@H]3C2)NC(c2nccs2)=N[C@H]1c1cccc(F)c1Cl.O=C(O)CCN1C[C@@H]2CCCCN2C1=O.[CH3-]. The fourth-order valence-electron chi connectivity index (χ4n) is 10.1. The predicted molar refractivity (Wildman–Crippen MR) is 309 cm³/mol. The number of ether oxygens (including phenoxy) is 2.